The summed E-state index contributed by atoms with van der Waals surface area (Å²) in [5, 5.41) is 9.77. The van der Waals surface area contributed by atoms with Crippen LogP contribution in [0.15, 0.2) is 35.1 Å². The van der Waals surface area contributed by atoms with E-state index in [1.165, 1.54) is 5.56 Å². The number of aromatic hydroxyl groups is 1. The maximum atomic E-state index is 13.1. The number of rotatable bonds is 1. The van der Waals surface area contributed by atoms with Gasteiger partial charge in [-0.15, -0.1) is 0 Å². The Labute approximate surface area is 152 Å². The lowest BCUT2D eigenvalue weighted by atomic mass is 9.84. The number of carbonyl (C=O) groups excluding carboxylic acids is 1. The first-order chi connectivity index (χ1) is 12.1. The van der Waals surface area contributed by atoms with Gasteiger partial charge in [0.2, 0.25) is 11.5 Å². The van der Waals surface area contributed by atoms with E-state index in [0.717, 1.165) is 46.6 Å². The number of aromatic amines is 1. The van der Waals surface area contributed by atoms with Gasteiger partial charge in [-0.3, -0.25) is 4.79 Å². The number of benzene rings is 1. The lowest BCUT2D eigenvalue weighted by Crippen LogP contribution is -2.76. The second kappa shape index (κ2) is 4.95. The quantitative estimate of drug-likeness (QED) is 0.456. The molecule has 3 heterocycles. The van der Waals surface area contributed by atoms with E-state index in [4.69, 9.17) is 0 Å². The topological polar surface area (TPSA) is 72.0 Å². The molecular weight excluding hydrogens is 382 g/mol. The number of H-pyrrole nitrogens is 1. The van der Waals surface area contributed by atoms with E-state index in [2.05, 4.69) is 32.1 Å². The van der Waals surface area contributed by atoms with Crippen molar-refractivity contribution in [3.8, 4) is 16.9 Å². The summed E-state index contributed by atoms with van der Waals surface area (Å²) < 4.78 is 2.56. The number of phenolic OH excluding ortho intramolecular Hbond substituents is 1. The van der Waals surface area contributed by atoms with E-state index in [-0.39, 0.29) is 11.5 Å². The van der Waals surface area contributed by atoms with Crippen LogP contribution < -0.4 is 4.99 Å². The molecule has 2 aromatic heterocycles. The number of aryl methyl sites for hydroxylation is 1. The standard InChI is InChI=1S/C19H14BrN3O2/c1-23-8-10-4-5-21-16-14(10)18(23)19(25)17-15(16)11(7-22-17)9-2-3-13(24)12(20)6-9/h2-3,6-8,22,24H,4-5H2,1H3/p+1. The molecule has 0 saturated heterocycles. The van der Waals surface area contributed by atoms with Gasteiger partial charge < -0.3 is 14.7 Å². The van der Waals surface area contributed by atoms with Gasteiger partial charge in [0.05, 0.1) is 15.6 Å². The van der Waals surface area contributed by atoms with Crippen LogP contribution in [0.4, 0.5) is 0 Å². The average Bonchev–Trinajstić information content (AvgIpc) is 3.17. The molecule has 124 valence electrons. The van der Waals surface area contributed by atoms with Crippen molar-refractivity contribution in [2.45, 2.75) is 6.42 Å². The first-order valence-corrected chi connectivity index (χ1v) is 8.90. The minimum atomic E-state index is 0.0234. The number of nitrogens with zero attached hydrogens (tertiary/aromatic N) is 1. The van der Waals surface area contributed by atoms with E-state index in [1.54, 1.807) is 6.07 Å². The predicted molar refractivity (Wildman–Crippen MR) is 97.2 cm³/mol. The third-order valence-electron chi connectivity index (χ3n) is 5.04. The van der Waals surface area contributed by atoms with Crippen LogP contribution in [-0.2, 0) is 13.5 Å². The summed E-state index contributed by atoms with van der Waals surface area (Å²) in [5.41, 5.74) is 7.43. The van der Waals surface area contributed by atoms with Gasteiger partial charge in [0.1, 0.15) is 23.7 Å². The Hall–Kier alpha value is -2.60. The third-order valence-corrected chi connectivity index (χ3v) is 5.67. The highest BCUT2D eigenvalue weighted by Crippen LogP contribution is 2.37. The minimum Gasteiger partial charge on any atom is -0.507 e. The molecule has 0 amide bonds. The number of carbonyl (C=O) groups is 1. The zero-order valence-corrected chi connectivity index (χ0v) is 15.1. The van der Waals surface area contributed by atoms with Crippen molar-refractivity contribution in [2.24, 2.45) is 7.05 Å². The van der Waals surface area contributed by atoms with E-state index < -0.39 is 0 Å². The van der Waals surface area contributed by atoms with Crippen molar-refractivity contribution in [3.63, 3.8) is 0 Å². The normalized spacial score (nSPS) is 15.0. The summed E-state index contributed by atoms with van der Waals surface area (Å²) in [6.07, 6.45) is 4.85. The number of aromatic nitrogens is 2. The highest BCUT2D eigenvalue weighted by Gasteiger charge is 2.40. The highest BCUT2D eigenvalue weighted by atomic mass is 79.9. The Morgan fingerprint density at radius 3 is 2.96 bits per heavy atom. The molecule has 0 bridgehead atoms. The molecule has 0 unspecified atom stereocenters. The zero-order chi connectivity index (χ0) is 17.3. The summed E-state index contributed by atoms with van der Waals surface area (Å²) in [5.74, 6) is 0.218. The first-order valence-electron chi connectivity index (χ1n) is 8.11. The maximum absolute atomic E-state index is 13.1. The number of ketones is 1. The number of halogens is 1. The zero-order valence-electron chi connectivity index (χ0n) is 13.5. The van der Waals surface area contributed by atoms with Crippen LogP contribution in [0.25, 0.3) is 11.1 Å². The second-order valence-corrected chi connectivity index (χ2v) is 7.34. The van der Waals surface area contributed by atoms with Crippen LogP contribution in [0.1, 0.15) is 32.9 Å². The SMILES string of the molecule is Cn1cc2c3c1C(=O)c1[nH]cc(-c4ccc(O)c(Br)c4)c1C3=[NH+]CC2. The van der Waals surface area contributed by atoms with Crippen LogP contribution in [0.2, 0.25) is 0 Å². The van der Waals surface area contributed by atoms with Crippen molar-refractivity contribution in [2.75, 3.05) is 6.54 Å². The summed E-state index contributed by atoms with van der Waals surface area (Å²) in [4.78, 5) is 19.7. The summed E-state index contributed by atoms with van der Waals surface area (Å²) in [6.45, 7) is 0.851. The Balaban J connectivity index is 1.79. The molecule has 6 heteroatoms. The predicted octanol–water partition coefficient (Wildman–Crippen LogP) is 1.51. The van der Waals surface area contributed by atoms with Gasteiger partial charge in [0.15, 0.2) is 0 Å². The molecule has 1 aromatic carbocycles. The van der Waals surface area contributed by atoms with Crippen LogP contribution in [0.3, 0.4) is 0 Å². The van der Waals surface area contributed by atoms with Crippen LogP contribution in [0, 0.1) is 0 Å². The lowest BCUT2D eigenvalue weighted by Gasteiger charge is -2.17. The van der Waals surface area contributed by atoms with Crippen molar-refractivity contribution >= 4 is 27.4 Å². The summed E-state index contributed by atoms with van der Waals surface area (Å²) in [7, 11) is 1.93. The van der Waals surface area contributed by atoms with Crippen LogP contribution in [-0.4, -0.2) is 32.7 Å². The molecule has 3 aromatic rings. The number of hydrogen-bond donors (Lipinski definition) is 3. The van der Waals surface area contributed by atoms with E-state index >= 15 is 0 Å². The van der Waals surface area contributed by atoms with Crippen LogP contribution >= 0.6 is 15.9 Å². The number of hydrogen-bond acceptors (Lipinski definition) is 2. The lowest BCUT2D eigenvalue weighted by molar-refractivity contribution is -0.457. The summed E-state index contributed by atoms with van der Waals surface area (Å²) >= 11 is 3.37. The molecule has 25 heavy (non-hydrogen) atoms. The Morgan fingerprint density at radius 1 is 1.32 bits per heavy atom. The molecule has 5 nitrogen and oxygen atoms in total. The average molecular weight is 397 g/mol. The fourth-order valence-electron chi connectivity index (χ4n) is 3.94. The molecule has 0 fully saturated rings. The molecule has 1 aliphatic carbocycles. The second-order valence-electron chi connectivity index (χ2n) is 6.49. The number of phenols is 1. The number of fused-ring (bicyclic) bond motifs is 2. The molecule has 1 aliphatic heterocycles. The van der Waals surface area contributed by atoms with Crippen molar-refractivity contribution < 1.29 is 14.9 Å². The fraction of sp³-hybridized carbons (Fsp3) is 0.158. The molecule has 5 rings (SSSR count). The Kier molecular flexibility index (Phi) is 2.92. The van der Waals surface area contributed by atoms with Gasteiger partial charge in [-0.1, -0.05) is 6.07 Å². The van der Waals surface area contributed by atoms with E-state index in [1.807, 2.05) is 29.9 Å². The van der Waals surface area contributed by atoms with Gasteiger partial charge in [0, 0.05) is 31.4 Å². The number of nitrogens with one attached hydrogen (secondary N) is 2. The fourth-order valence-corrected chi connectivity index (χ4v) is 4.32. The van der Waals surface area contributed by atoms with Gasteiger partial charge >= 0.3 is 0 Å². The third kappa shape index (κ3) is 1.88. The van der Waals surface area contributed by atoms with Gasteiger partial charge in [0.25, 0.3) is 0 Å². The molecule has 0 spiro atoms. The molecule has 0 radical (unpaired) electrons. The first kappa shape index (κ1) is 14.7. The molecular formula is C19H15BrN3O2+. The van der Waals surface area contributed by atoms with Gasteiger partial charge in [-0.05, 0) is 39.2 Å². The van der Waals surface area contributed by atoms with Crippen molar-refractivity contribution in [3.05, 3.63) is 63.1 Å². The van der Waals surface area contributed by atoms with Crippen LogP contribution in [0.5, 0.6) is 5.75 Å². The maximum Gasteiger partial charge on any atom is 0.227 e. The van der Waals surface area contributed by atoms with Gasteiger partial charge in [-0.2, -0.15) is 0 Å². The Morgan fingerprint density at radius 2 is 2.16 bits per heavy atom. The molecule has 2 aliphatic rings. The largest absolute Gasteiger partial charge is 0.507 e. The molecule has 0 saturated carbocycles. The van der Waals surface area contributed by atoms with Crippen molar-refractivity contribution in [1.29, 1.82) is 0 Å². The monoisotopic (exact) mass is 396 g/mol. The van der Waals surface area contributed by atoms with E-state index in [9.17, 15) is 9.90 Å². The van der Waals surface area contributed by atoms with Gasteiger partial charge in [-0.25, -0.2) is 4.99 Å². The van der Waals surface area contributed by atoms with Crippen molar-refractivity contribution in [1.82, 2.24) is 9.55 Å². The van der Waals surface area contributed by atoms with E-state index in [0.29, 0.717) is 10.2 Å². The molecule has 0 atom stereocenters. The highest BCUT2D eigenvalue weighted by molar-refractivity contribution is 9.10. The summed E-state index contributed by atoms with van der Waals surface area (Å²) in [6, 6.07) is 5.38. The molecule has 3 N–H and O–H groups in total. The smallest absolute Gasteiger partial charge is 0.227 e. The minimum absolute atomic E-state index is 0.0234. The Bertz CT molecular complexity index is 1100.